The van der Waals surface area contributed by atoms with Crippen LogP contribution in [-0.4, -0.2) is 21.9 Å². The number of benzene rings is 1. The molecule has 0 aromatic heterocycles. The first kappa shape index (κ1) is 16.2. The smallest absolute Gasteiger partial charge is 0.0726 e. The first-order valence-electron chi connectivity index (χ1n) is 7.04. The Morgan fingerprint density at radius 1 is 0.947 bits per heavy atom. The molecule has 0 unspecified atom stereocenters. The van der Waals surface area contributed by atoms with Crippen molar-refractivity contribution in [1.82, 2.24) is 0 Å². The fourth-order valence-corrected chi connectivity index (χ4v) is 2.84. The summed E-state index contributed by atoms with van der Waals surface area (Å²) >= 11 is 0. The summed E-state index contributed by atoms with van der Waals surface area (Å²) in [6.45, 7) is 11.7. The van der Waals surface area contributed by atoms with Crippen LogP contribution >= 0.6 is 0 Å². The van der Waals surface area contributed by atoms with E-state index in [1.54, 1.807) is 6.92 Å². The van der Waals surface area contributed by atoms with E-state index in [0.29, 0.717) is 0 Å². The maximum atomic E-state index is 11.0. The minimum Gasteiger partial charge on any atom is -0.393 e. The van der Waals surface area contributed by atoms with Gasteiger partial charge < -0.3 is 10.2 Å². The Kier molecular flexibility index (Phi) is 4.81. The van der Waals surface area contributed by atoms with Crippen molar-refractivity contribution in [3.63, 3.8) is 0 Å². The first-order valence-corrected chi connectivity index (χ1v) is 7.04. The van der Waals surface area contributed by atoms with Gasteiger partial charge in [0.15, 0.2) is 0 Å². The van der Waals surface area contributed by atoms with Crippen molar-refractivity contribution in [1.29, 1.82) is 0 Å². The zero-order chi connectivity index (χ0) is 14.8. The third-order valence-corrected chi connectivity index (χ3v) is 4.55. The van der Waals surface area contributed by atoms with Gasteiger partial charge in [0.2, 0.25) is 0 Å². The third kappa shape index (κ3) is 3.37. The molecule has 4 atom stereocenters. The van der Waals surface area contributed by atoms with Gasteiger partial charge in [0, 0.05) is 5.92 Å². The van der Waals surface area contributed by atoms with Crippen molar-refractivity contribution in [3.8, 4) is 0 Å². The number of hydrogen-bond acceptors (Lipinski definition) is 2. The number of hydrogen-bond donors (Lipinski definition) is 2. The van der Waals surface area contributed by atoms with Crippen molar-refractivity contribution in [2.45, 2.75) is 59.2 Å². The molecule has 1 rings (SSSR count). The molecular formula is C17H28O2. The topological polar surface area (TPSA) is 40.5 Å². The molecule has 0 amide bonds. The molecule has 1 aromatic carbocycles. The van der Waals surface area contributed by atoms with Crippen LogP contribution in [0.5, 0.6) is 0 Å². The van der Waals surface area contributed by atoms with Gasteiger partial charge in [0.25, 0.3) is 0 Å². The first-order chi connectivity index (χ1) is 8.59. The van der Waals surface area contributed by atoms with Crippen LogP contribution in [0, 0.1) is 11.3 Å². The van der Waals surface area contributed by atoms with Crippen molar-refractivity contribution < 1.29 is 10.2 Å². The Balaban J connectivity index is 3.16. The summed E-state index contributed by atoms with van der Waals surface area (Å²) in [6, 6.07) is 10.1. The second kappa shape index (κ2) is 5.64. The van der Waals surface area contributed by atoms with Gasteiger partial charge in [-0.3, -0.25) is 0 Å². The predicted octanol–water partition coefficient (Wildman–Crippen LogP) is 3.58. The highest BCUT2D eigenvalue weighted by Crippen LogP contribution is 2.44. The molecule has 1 aromatic rings. The van der Waals surface area contributed by atoms with Crippen LogP contribution in [0.2, 0.25) is 0 Å². The van der Waals surface area contributed by atoms with E-state index in [1.165, 1.54) is 0 Å². The lowest BCUT2D eigenvalue weighted by Gasteiger charge is -2.47. The average Bonchev–Trinajstić information content (AvgIpc) is 2.27. The molecule has 19 heavy (non-hydrogen) atoms. The van der Waals surface area contributed by atoms with Gasteiger partial charge >= 0.3 is 0 Å². The van der Waals surface area contributed by atoms with Crippen LogP contribution in [0.15, 0.2) is 30.3 Å². The molecule has 0 aliphatic carbocycles. The van der Waals surface area contributed by atoms with E-state index in [4.69, 9.17) is 0 Å². The van der Waals surface area contributed by atoms with E-state index in [1.807, 2.05) is 45.9 Å². The van der Waals surface area contributed by atoms with Crippen LogP contribution < -0.4 is 0 Å². The van der Waals surface area contributed by atoms with E-state index < -0.39 is 11.7 Å². The van der Waals surface area contributed by atoms with Gasteiger partial charge in [-0.2, -0.15) is 0 Å². The molecule has 0 spiro atoms. The summed E-state index contributed by atoms with van der Waals surface area (Å²) < 4.78 is 0. The zero-order valence-corrected chi connectivity index (χ0v) is 13.0. The second-order valence-electron chi connectivity index (χ2n) is 6.86. The SMILES string of the molecule is C[C@@H](O)[C@H]([C@@H](C)c1ccccc1)[C@](C)(O)C(C)(C)C. The minimum atomic E-state index is -0.948. The van der Waals surface area contributed by atoms with Gasteiger partial charge in [0.1, 0.15) is 0 Å². The Morgan fingerprint density at radius 2 is 1.42 bits per heavy atom. The maximum absolute atomic E-state index is 11.0. The Bertz CT molecular complexity index is 387. The standard InChI is InChI=1S/C17H28O2/c1-12(14-10-8-7-9-11-14)15(13(2)18)17(6,19)16(3,4)5/h7-13,15,18-19H,1-6H3/t12-,13+,15-,17-/m0/s1. The summed E-state index contributed by atoms with van der Waals surface area (Å²) in [5, 5.41) is 21.1. The highest BCUT2D eigenvalue weighted by atomic mass is 16.3. The van der Waals surface area contributed by atoms with Crippen molar-refractivity contribution in [3.05, 3.63) is 35.9 Å². The number of rotatable bonds is 4. The van der Waals surface area contributed by atoms with E-state index in [9.17, 15) is 10.2 Å². The zero-order valence-electron chi connectivity index (χ0n) is 13.0. The molecule has 0 fully saturated rings. The molecule has 0 bridgehead atoms. The van der Waals surface area contributed by atoms with Crippen LogP contribution in [0.3, 0.4) is 0 Å². The molecule has 0 saturated heterocycles. The molecule has 2 heteroatoms. The molecule has 2 N–H and O–H groups in total. The average molecular weight is 264 g/mol. The molecule has 0 aliphatic heterocycles. The molecule has 0 radical (unpaired) electrons. The van der Waals surface area contributed by atoms with Crippen LogP contribution in [0.1, 0.15) is 53.0 Å². The van der Waals surface area contributed by atoms with E-state index >= 15 is 0 Å². The van der Waals surface area contributed by atoms with Crippen molar-refractivity contribution in [2.24, 2.45) is 11.3 Å². The van der Waals surface area contributed by atoms with Crippen LogP contribution in [-0.2, 0) is 0 Å². The lowest BCUT2D eigenvalue weighted by molar-refractivity contribution is -0.128. The van der Waals surface area contributed by atoms with E-state index in [0.717, 1.165) is 5.56 Å². The Morgan fingerprint density at radius 3 is 1.79 bits per heavy atom. The summed E-state index contributed by atoms with van der Waals surface area (Å²) in [6.07, 6.45) is -0.565. The van der Waals surface area contributed by atoms with Gasteiger partial charge in [0.05, 0.1) is 11.7 Å². The monoisotopic (exact) mass is 264 g/mol. The van der Waals surface area contributed by atoms with Gasteiger partial charge in [-0.05, 0) is 30.7 Å². The highest BCUT2D eigenvalue weighted by Gasteiger charge is 2.47. The quantitative estimate of drug-likeness (QED) is 0.872. The third-order valence-electron chi connectivity index (χ3n) is 4.55. The molecular weight excluding hydrogens is 236 g/mol. The summed E-state index contributed by atoms with van der Waals surface area (Å²) in [5.41, 5.74) is -0.0911. The molecule has 0 saturated carbocycles. The molecule has 108 valence electrons. The molecule has 0 heterocycles. The van der Waals surface area contributed by atoms with E-state index in [2.05, 4.69) is 19.1 Å². The lowest BCUT2D eigenvalue weighted by atomic mass is 9.63. The van der Waals surface area contributed by atoms with Crippen LogP contribution in [0.4, 0.5) is 0 Å². The fraction of sp³-hybridized carbons (Fsp3) is 0.647. The lowest BCUT2D eigenvalue weighted by Crippen LogP contribution is -2.52. The summed E-state index contributed by atoms with van der Waals surface area (Å²) in [4.78, 5) is 0. The minimum absolute atomic E-state index is 0.0930. The highest BCUT2D eigenvalue weighted by molar-refractivity contribution is 5.21. The Hall–Kier alpha value is -0.860. The van der Waals surface area contributed by atoms with Gasteiger partial charge in [-0.25, -0.2) is 0 Å². The van der Waals surface area contributed by atoms with E-state index in [-0.39, 0.29) is 17.3 Å². The predicted molar refractivity (Wildman–Crippen MR) is 80.1 cm³/mol. The number of aliphatic hydroxyl groups is 2. The van der Waals surface area contributed by atoms with Crippen molar-refractivity contribution in [2.75, 3.05) is 0 Å². The normalized spacial score (nSPS) is 20.4. The van der Waals surface area contributed by atoms with Crippen LogP contribution in [0.25, 0.3) is 0 Å². The molecule has 0 aliphatic rings. The molecule has 2 nitrogen and oxygen atoms in total. The van der Waals surface area contributed by atoms with Gasteiger partial charge in [-0.1, -0.05) is 58.0 Å². The maximum Gasteiger partial charge on any atom is 0.0726 e. The summed E-state index contributed by atoms with van der Waals surface area (Å²) in [5.74, 6) is -0.120. The second-order valence-corrected chi connectivity index (χ2v) is 6.86. The Labute approximate surface area is 117 Å². The summed E-state index contributed by atoms with van der Waals surface area (Å²) in [7, 11) is 0. The largest absolute Gasteiger partial charge is 0.393 e. The van der Waals surface area contributed by atoms with Crippen molar-refractivity contribution >= 4 is 0 Å². The fourth-order valence-electron chi connectivity index (χ4n) is 2.84. The number of aliphatic hydroxyl groups excluding tert-OH is 1. The van der Waals surface area contributed by atoms with Gasteiger partial charge in [-0.15, -0.1) is 0 Å².